The Morgan fingerprint density at radius 3 is 2.56 bits per heavy atom. The third kappa shape index (κ3) is 2.87. The zero-order chi connectivity index (χ0) is 17.2. The van der Waals surface area contributed by atoms with E-state index in [0.717, 1.165) is 22.4 Å². The first-order valence-corrected chi connectivity index (χ1v) is 7.98. The number of amides is 1. The predicted molar refractivity (Wildman–Crippen MR) is 98.0 cm³/mol. The second-order valence-electron chi connectivity index (χ2n) is 5.74. The first kappa shape index (κ1) is 15.1. The number of nitrogens with zero attached hydrogens (tertiary/aromatic N) is 3. The number of benzene rings is 2. The minimum Gasteiger partial charge on any atom is -0.322 e. The minimum absolute atomic E-state index is 0.161. The first-order chi connectivity index (χ1) is 12.2. The summed E-state index contributed by atoms with van der Waals surface area (Å²) >= 11 is 0. The van der Waals surface area contributed by atoms with Crippen molar-refractivity contribution < 1.29 is 4.79 Å². The lowest BCUT2D eigenvalue weighted by molar-refractivity contribution is 0.102. The van der Waals surface area contributed by atoms with Crippen LogP contribution < -0.4 is 5.32 Å². The number of rotatable bonds is 3. The third-order valence-electron chi connectivity index (χ3n) is 4.11. The van der Waals surface area contributed by atoms with E-state index in [1.807, 2.05) is 60.0 Å². The molecular formula is C20H16N4O. The second kappa shape index (κ2) is 6.20. The van der Waals surface area contributed by atoms with Crippen molar-refractivity contribution in [2.75, 3.05) is 5.32 Å². The van der Waals surface area contributed by atoms with Crippen molar-refractivity contribution in [2.45, 2.75) is 6.92 Å². The average Bonchev–Trinajstić information content (AvgIpc) is 3.07. The first-order valence-electron chi connectivity index (χ1n) is 7.98. The minimum atomic E-state index is -0.161. The molecule has 0 unspecified atom stereocenters. The van der Waals surface area contributed by atoms with E-state index in [-0.39, 0.29) is 5.91 Å². The molecule has 5 heteroatoms. The van der Waals surface area contributed by atoms with Gasteiger partial charge in [-0.15, -0.1) is 0 Å². The van der Waals surface area contributed by atoms with E-state index in [1.54, 1.807) is 24.7 Å². The van der Waals surface area contributed by atoms with Crippen LogP contribution in [0.2, 0.25) is 0 Å². The third-order valence-corrected chi connectivity index (χ3v) is 4.11. The highest BCUT2D eigenvalue weighted by Crippen LogP contribution is 2.20. The summed E-state index contributed by atoms with van der Waals surface area (Å²) in [6.07, 6.45) is 3.48. The van der Waals surface area contributed by atoms with Crippen molar-refractivity contribution >= 4 is 22.6 Å². The van der Waals surface area contributed by atoms with Gasteiger partial charge in [-0.2, -0.15) is 0 Å². The van der Waals surface area contributed by atoms with Crippen molar-refractivity contribution in [1.29, 1.82) is 0 Å². The summed E-state index contributed by atoms with van der Waals surface area (Å²) in [4.78, 5) is 20.9. The topological polar surface area (TPSA) is 59.8 Å². The van der Waals surface area contributed by atoms with Crippen molar-refractivity contribution in [3.8, 4) is 5.69 Å². The number of hydrogen-bond acceptors (Lipinski definition) is 3. The molecule has 2 heterocycles. The lowest BCUT2D eigenvalue weighted by atomic mass is 10.2. The number of nitrogens with one attached hydrogen (secondary N) is 1. The molecule has 0 aliphatic carbocycles. The molecule has 25 heavy (non-hydrogen) atoms. The molecule has 0 fully saturated rings. The summed E-state index contributed by atoms with van der Waals surface area (Å²) in [6, 6.07) is 19.2. The highest BCUT2D eigenvalue weighted by atomic mass is 16.1. The number of imidazole rings is 1. The smallest absolute Gasteiger partial charge is 0.257 e. The predicted octanol–water partition coefficient (Wildman–Crippen LogP) is 3.98. The molecule has 0 saturated carbocycles. The van der Waals surface area contributed by atoms with Gasteiger partial charge in [0.1, 0.15) is 6.33 Å². The number of aromatic nitrogens is 3. The van der Waals surface area contributed by atoms with Gasteiger partial charge in [-0.3, -0.25) is 14.3 Å². The van der Waals surface area contributed by atoms with E-state index in [1.165, 1.54) is 0 Å². The van der Waals surface area contributed by atoms with Gasteiger partial charge in [0.15, 0.2) is 0 Å². The summed E-state index contributed by atoms with van der Waals surface area (Å²) in [6.45, 7) is 1.82. The Balaban J connectivity index is 1.58. The molecule has 0 aliphatic rings. The van der Waals surface area contributed by atoms with E-state index >= 15 is 0 Å². The monoisotopic (exact) mass is 328 g/mol. The molecule has 0 atom stereocenters. The Bertz CT molecular complexity index is 1050. The van der Waals surface area contributed by atoms with Gasteiger partial charge in [0.05, 0.1) is 16.6 Å². The van der Waals surface area contributed by atoms with Crippen molar-refractivity contribution in [3.63, 3.8) is 0 Å². The number of fused-ring (bicyclic) bond motifs is 1. The van der Waals surface area contributed by atoms with E-state index in [4.69, 9.17) is 0 Å². The SMILES string of the molecule is Cc1ncccc1C(=O)Nc1ccc(-n2cnc3ccccc32)cc1. The molecule has 0 bridgehead atoms. The highest BCUT2D eigenvalue weighted by Gasteiger charge is 2.10. The molecule has 0 saturated heterocycles. The molecule has 5 nitrogen and oxygen atoms in total. The zero-order valence-corrected chi connectivity index (χ0v) is 13.7. The molecule has 0 aliphatic heterocycles. The van der Waals surface area contributed by atoms with Gasteiger partial charge in [0.2, 0.25) is 0 Å². The van der Waals surface area contributed by atoms with Crippen LogP contribution >= 0.6 is 0 Å². The Morgan fingerprint density at radius 2 is 1.76 bits per heavy atom. The fraction of sp³-hybridized carbons (Fsp3) is 0.0500. The zero-order valence-electron chi connectivity index (χ0n) is 13.7. The van der Waals surface area contributed by atoms with Crippen molar-refractivity contribution in [1.82, 2.24) is 14.5 Å². The van der Waals surface area contributed by atoms with Gasteiger partial charge in [-0.25, -0.2) is 4.98 Å². The largest absolute Gasteiger partial charge is 0.322 e. The van der Waals surface area contributed by atoms with Gasteiger partial charge >= 0.3 is 0 Å². The van der Waals surface area contributed by atoms with Crippen LogP contribution in [0.25, 0.3) is 16.7 Å². The van der Waals surface area contributed by atoms with Crippen LogP contribution in [-0.2, 0) is 0 Å². The second-order valence-corrected chi connectivity index (χ2v) is 5.74. The van der Waals surface area contributed by atoms with E-state index in [0.29, 0.717) is 11.3 Å². The molecule has 0 spiro atoms. The van der Waals surface area contributed by atoms with E-state index < -0.39 is 0 Å². The van der Waals surface area contributed by atoms with Crippen LogP contribution in [0, 0.1) is 6.92 Å². The van der Waals surface area contributed by atoms with Gasteiger partial charge in [-0.05, 0) is 55.5 Å². The Hall–Kier alpha value is -3.47. The van der Waals surface area contributed by atoms with Gasteiger partial charge < -0.3 is 5.32 Å². The molecule has 1 N–H and O–H groups in total. The maximum Gasteiger partial charge on any atom is 0.257 e. The molecule has 2 aromatic heterocycles. The van der Waals surface area contributed by atoms with Crippen LogP contribution in [0.4, 0.5) is 5.69 Å². The van der Waals surface area contributed by atoms with Crippen LogP contribution in [0.5, 0.6) is 0 Å². The molecule has 4 rings (SSSR count). The number of aryl methyl sites for hydroxylation is 1. The number of anilines is 1. The molecule has 0 radical (unpaired) electrons. The Kier molecular flexibility index (Phi) is 3.74. The lowest BCUT2D eigenvalue weighted by Gasteiger charge is -2.09. The molecule has 1 amide bonds. The molecule has 122 valence electrons. The van der Waals surface area contributed by atoms with Gasteiger partial charge in [0.25, 0.3) is 5.91 Å². The summed E-state index contributed by atoms with van der Waals surface area (Å²) < 4.78 is 2.02. The van der Waals surface area contributed by atoms with Crippen LogP contribution in [0.15, 0.2) is 73.2 Å². The van der Waals surface area contributed by atoms with E-state index in [2.05, 4.69) is 15.3 Å². The highest BCUT2D eigenvalue weighted by molar-refractivity contribution is 6.05. The quantitative estimate of drug-likeness (QED) is 0.619. The fourth-order valence-corrected chi connectivity index (χ4v) is 2.79. The molecule has 2 aromatic carbocycles. The maximum absolute atomic E-state index is 12.4. The van der Waals surface area contributed by atoms with Crippen molar-refractivity contribution in [3.05, 3.63) is 84.4 Å². The summed E-state index contributed by atoms with van der Waals surface area (Å²) in [7, 11) is 0. The number of carbonyl (C=O) groups excluding carboxylic acids is 1. The lowest BCUT2D eigenvalue weighted by Crippen LogP contribution is -2.13. The number of carbonyl (C=O) groups is 1. The maximum atomic E-state index is 12.4. The van der Waals surface area contributed by atoms with Gasteiger partial charge in [-0.1, -0.05) is 12.1 Å². The Labute approximate surface area is 145 Å². The summed E-state index contributed by atoms with van der Waals surface area (Å²) in [5.41, 5.74) is 5.01. The Morgan fingerprint density at radius 1 is 0.960 bits per heavy atom. The van der Waals surface area contributed by atoms with E-state index in [9.17, 15) is 4.79 Å². The fourth-order valence-electron chi connectivity index (χ4n) is 2.79. The number of pyridine rings is 1. The van der Waals surface area contributed by atoms with Crippen LogP contribution in [-0.4, -0.2) is 20.4 Å². The molecular weight excluding hydrogens is 312 g/mol. The van der Waals surface area contributed by atoms with Crippen LogP contribution in [0.1, 0.15) is 16.1 Å². The normalized spacial score (nSPS) is 10.8. The van der Waals surface area contributed by atoms with Crippen LogP contribution in [0.3, 0.4) is 0 Å². The number of para-hydroxylation sites is 2. The summed E-state index contributed by atoms with van der Waals surface area (Å²) in [5.74, 6) is -0.161. The van der Waals surface area contributed by atoms with Crippen molar-refractivity contribution in [2.24, 2.45) is 0 Å². The standard InChI is InChI=1S/C20H16N4O/c1-14-17(5-4-12-21-14)20(25)23-15-8-10-16(11-9-15)24-13-22-18-6-2-3-7-19(18)24/h2-13H,1H3,(H,23,25). The number of hydrogen-bond donors (Lipinski definition) is 1. The average molecular weight is 328 g/mol. The molecule has 4 aromatic rings. The van der Waals surface area contributed by atoms with Gasteiger partial charge in [0, 0.05) is 23.3 Å². The summed E-state index contributed by atoms with van der Waals surface area (Å²) in [5, 5.41) is 2.90.